The van der Waals surface area contributed by atoms with Gasteiger partial charge in [0.25, 0.3) is 5.69 Å². The minimum absolute atomic E-state index is 0.0113. The fourth-order valence-electron chi connectivity index (χ4n) is 2.33. The smallest absolute Gasteiger partial charge is 0.269 e. The number of non-ortho nitro benzene ring substituents is 1. The molecule has 0 spiro atoms. The maximum absolute atomic E-state index is 13.6. The highest BCUT2D eigenvalue weighted by Crippen LogP contribution is 2.13. The van der Waals surface area contributed by atoms with Crippen LogP contribution in [0.5, 0.6) is 0 Å². The van der Waals surface area contributed by atoms with E-state index < -0.39 is 16.6 Å². The molecule has 2 rings (SSSR count). The number of halogens is 2. The molecule has 0 radical (unpaired) electrons. The van der Waals surface area contributed by atoms with Crippen LogP contribution in [0, 0.1) is 21.7 Å². The minimum atomic E-state index is -0.479. The second-order valence-corrected chi connectivity index (χ2v) is 5.53. The molecule has 8 heteroatoms. The highest BCUT2D eigenvalue weighted by atomic mass is 19.1. The number of nitrogens with one attached hydrogen (secondary N) is 2. The predicted molar refractivity (Wildman–Crippen MR) is 96.0 cm³/mol. The normalized spacial score (nSPS) is 11.3. The monoisotopic (exact) mass is 362 g/mol. The van der Waals surface area contributed by atoms with Crippen molar-refractivity contribution >= 4 is 11.6 Å². The van der Waals surface area contributed by atoms with Gasteiger partial charge in [-0.1, -0.05) is 12.1 Å². The summed E-state index contributed by atoms with van der Waals surface area (Å²) in [5.41, 5.74) is 0.997. The van der Waals surface area contributed by atoms with Crippen molar-refractivity contribution in [3.05, 3.63) is 75.3 Å². The van der Waals surface area contributed by atoms with Crippen LogP contribution in [0.3, 0.4) is 0 Å². The van der Waals surface area contributed by atoms with E-state index >= 15 is 0 Å². The average molecular weight is 362 g/mol. The number of hydrogen-bond donors (Lipinski definition) is 2. The van der Waals surface area contributed by atoms with E-state index in [4.69, 9.17) is 0 Å². The molecular formula is C18H20F2N4O2. The molecule has 0 bridgehead atoms. The molecule has 0 saturated heterocycles. The molecule has 6 nitrogen and oxygen atoms in total. The number of benzene rings is 2. The zero-order valence-electron chi connectivity index (χ0n) is 14.3. The lowest BCUT2D eigenvalue weighted by Gasteiger charge is -2.11. The minimum Gasteiger partial charge on any atom is -0.357 e. The second-order valence-electron chi connectivity index (χ2n) is 5.53. The van der Waals surface area contributed by atoms with Crippen molar-refractivity contribution in [2.24, 2.45) is 4.99 Å². The van der Waals surface area contributed by atoms with Gasteiger partial charge in [-0.25, -0.2) is 13.8 Å². The summed E-state index contributed by atoms with van der Waals surface area (Å²) in [6, 6.07) is 9.60. The molecule has 2 aromatic carbocycles. The van der Waals surface area contributed by atoms with Crippen LogP contribution in [0.2, 0.25) is 0 Å². The third kappa shape index (κ3) is 5.80. The maximum atomic E-state index is 13.6. The van der Waals surface area contributed by atoms with Crippen LogP contribution in [-0.2, 0) is 13.0 Å². The Labute approximate surface area is 150 Å². The van der Waals surface area contributed by atoms with Crippen molar-refractivity contribution in [2.45, 2.75) is 19.9 Å². The Morgan fingerprint density at radius 3 is 2.73 bits per heavy atom. The van der Waals surface area contributed by atoms with E-state index in [1.165, 1.54) is 18.2 Å². The summed E-state index contributed by atoms with van der Waals surface area (Å²) >= 11 is 0. The van der Waals surface area contributed by atoms with E-state index in [0.717, 1.165) is 12.1 Å². The molecule has 0 amide bonds. The Balaban J connectivity index is 1.97. The molecule has 2 aromatic rings. The van der Waals surface area contributed by atoms with Crippen molar-refractivity contribution in [1.82, 2.24) is 10.6 Å². The first kappa shape index (κ1) is 19.3. The Morgan fingerprint density at radius 2 is 2.00 bits per heavy atom. The van der Waals surface area contributed by atoms with Gasteiger partial charge in [-0.15, -0.1) is 0 Å². The maximum Gasteiger partial charge on any atom is 0.269 e. The lowest BCUT2D eigenvalue weighted by Crippen LogP contribution is -2.38. The number of hydrogen-bond acceptors (Lipinski definition) is 3. The number of nitro groups is 1. The summed E-state index contributed by atoms with van der Waals surface area (Å²) in [4.78, 5) is 14.7. The molecule has 0 aliphatic rings. The lowest BCUT2D eigenvalue weighted by molar-refractivity contribution is -0.384. The molecule has 0 aromatic heterocycles. The van der Waals surface area contributed by atoms with Crippen LogP contribution in [0.1, 0.15) is 18.1 Å². The van der Waals surface area contributed by atoms with E-state index in [2.05, 4.69) is 15.6 Å². The fourth-order valence-corrected chi connectivity index (χ4v) is 2.33. The van der Waals surface area contributed by atoms with Crippen LogP contribution >= 0.6 is 0 Å². The Morgan fingerprint density at radius 1 is 1.19 bits per heavy atom. The number of aliphatic imine (C=N–C) groups is 1. The Hall–Kier alpha value is -3.03. The predicted octanol–water partition coefficient (Wildman–Crippen LogP) is 3.17. The molecule has 0 unspecified atom stereocenters. The molecule has 0 aliphatic carbocycles. The van der Waals surface area contributed by atoms with Gasteiger partial charge in [-0.3, -0.25) is 10.1 Å². The summed E-state index contributed by atoms with van der Waals surface area (Å²) in [6.07, 6.45) is 0.296. The number of guanidine groups is 1. The molecule has 26 heavy (non-hydrogen) atoms. The van der Waals surface area contributed by atoms with Gasteiger partial charge < -0.3 is 10.6 Å². The van der Waals surface area contributed by atoms with Crippen LogP contribution < -0.4 is 10.6 Å². The highest BCUT2D eigenvalue weighted by molar-refractivity contribution is 5.79. The topological polar surface area (TPSA) is 79.6 Å². The van der Waals surface area contributed by atoms with E-state index in [-0.39, 0.29) is 17.8 Å². The number of nitrogens with zero attached hydrogens (tertiary/aromatic N) is 2. The third-order valence-electron chi connectivity index (χ3n) is 3.58. The summed E-state index contributed by atoms with van der Waals surface area (Å²) in [5, 5.41) is 16.9. The molecule has 0 saturated carbocycles. The number of rotatable bonds is 7. The number of nitro benzene ring substituents is 1. The van der Waals surface area contributed by atoms with E-state index in [0.29, 0.717) is 31.0 Å². The van der Waals surface area contributed by atoms with Gasteiger partial charge in [0.15, 0.2) is 5.96 Å². The van der Waals surface area contributed by atoms with Gasteiger partial charge in [-0.2, -0.15) is 0 Å². The first-order valence-electron chi connectivity index (χ1n) is 8.19. The van der Waals surface area contributed by atoms with E-state index in [1.54, 1.807) is 12.1 Å². The van der Waals surface area contributed by atoms with Gasteiger partial charge in [0.2, 0.25) is 0 Å². The van der Waals surface area contributed by atoms with E-state index in [1.807, 2.05) is 6.92 Å². The summed E-state index contributed by atoms with van der Waals surface area (Å²) in [7, 11) is 0. The third-order valence-corrected chi connectivity index (χ3v) is 3.58. The fraction of sp³-hybridized carbons (Fsp3) is 0.278. The first-order valence-corrected chi connectivity index (χ1v) is 8.19. The molecule has 138 valence electrons. The van der Waals surface area contributed by atoms with Crippen molar-refractivity contribution in [3.63, 3.8) is 0 Å². The molecule has 0 heterocycles. The zero-order valence-corrected chi connectivity index (χ0v) is 14.3. The van der Waals surface area contributed by atoms with Crippen molar-refractivity contribution < 1.29 is 13.7 Å². The van der Waals surface area contributed by atoms with Crippen molar-refractivity contribution in [2.75, 3.05) is 13.1 Å². The van der Waals surface area contributed by atoms with Gasteiger partial charge in [-0.05, 0) is 42.7 Å². The standard InChI is InChI=1S/C18H20F2N4O2/c1-2-21-18(22-9-8-14-11-15(19)6-7-17(14)20)23-12-13-4-3-5-16(10-13)24(25)26/h3-7,10-11H,2,8-9,12H2,1H3,(H2,21,22,23). The molecular weight excluding hydrogens is 342 g/mol. The Kier molecular flexibility index (Phi) is 7.02. The molecule has 0 fully saturated rings. The van der Waals surface area contributed by atoms with Gasteiger partial charge in [0.1, 0.15) is 11.6 Å². The molecule has 0 aliphatic heterocycles. The average Bonchev–Trinajstić information content (AvgIpc) is 2.62. The largest absolute Gasteiger partial charge is 0.357 e. The van der Waals surface area contributed by atoms with E-state index in [9.17, 15) is 18.9 Å². The summed E-state index contributed by atoms with van der Waals surface area (Å²) < 4.78 is 26.8. The van der Waals surface area contributed by atoms with Gasteiger partial charge in [0.05, 0.1) is 11.5 Å². The van der Waals surface area contributed by atoms with Crippen LogP contribution in [0.15, 0.2) is 47.5 Å². The van der Waals surface area contributed by atoms with Gasteiger partial charge in [0, 0.05) is 25.2 Å². The van der Waals surface area contributed by atoms with Crippen LogP contribution in [-0.4, -0.2) is 24.0 Å². The van der Waals surface area contributed by atoms with Gasteiger partial charge >= 0.3 is 0 Å². The summed E-state index contributed by atoms with van der Waals surface area (Å²) in [5.74, 6) is -0.435. The molecule has 0 atom stereocenters. The highest BCUT2D eigenvalue weighted by Gasteiger charge is 2.07. The lowest BCUT2D eigenvalue weighted by atomic mass is 10.1. The SMILES string of the molecule is CCNC(=NCc1cccc([N+](=O)[O-])c1)NCCc1cc(F)ccc1F. The van der Waals surface area contributed by atoms with Crippen molar-refractivity contribution in [3.8, 4) is 0 Å². The Bertz CT molecular complexity index is 797. The second kappa shape index (κ2) is 9.45. The zero-order chi connectivity index (χ0) is 18.9. The van der Waals surface area contributed by atoms with Crippen LogP contribution in [0.4, 0.5) is 14.5 Å². The molecule has 2 N–H and O–H groups in total. The quantitative estimate of drug-likeness (QED) is 0.343. The first-order chi connectivity index (χ1) is 12.5. The van der Waals surface area contributed by atoms with Crippen LogP contribution in [0.25, 0.3) is 0 Å². The van der Waals surface area contributed by atoms with Crippen molar-refractivity contribution in [1.29, 1.82) is 0 Å². The summed E-state index contributed by atoms with van der Waals surface area (Å²) in [6.45, 7) is 3.14.